The van der Waals surface area contributed by atoms with Gasteiger partial charge in [0.15, 0.2) is 5.84 Å². The second kappa shape index (κ2) is 5.69. The molecule has 16 heavy (non-hydrogen) atoms. The standard InChI is InChI=1S/C10H19N3O3/c1-7(2)13(5-9(11)12-15)10(14)8-3-4-16-6-8/h7-8,15H,3-6H2,1-2H3,(H2,11,12). The number of nitrogens with zero attached hydrogens (tertiary/aromatic N) is 2. The van der Waals surface area contributed by atoms with Crippen molar-refractivity contribution >= 4 is 11.7 Å². The molecule has 0 bridgehead atoms. The lowest BCUT2D eigenvalue weighted by Gasteiger charge is -2.28. The largest absolute Gasteiger partial charge is 0.409 e. The Hall–Kier alpha value is -1.30. The number of carbonyl (C=O) groups is 1. The van der Waals surface area contributed by atoms with Gasteiger partial charge in [0, 0.05) is 12.6 Å². The van der Waals surface area contributed by atoms with Crippen molar-refractivity contribution in [1.29, 1.82) is 0 Å². The summed E-state index contributed by atoms with van der Waals surface area (Å²) in [7, 11) is 0. The molecule has 1 aliphatic rings. The summed E-state index contributed by atoms with van der Waals surface area (Å²) >= 11 is 0. The van der Waals surface area contributed by atoms with Crippen LogP contribution in [0.1, 0.15) is 20.3 Å². The highest BCUT2D eigenvalue weighted by molar-refractivity contribution is 5.88. The average molecular weight is 229 g/mol. The summed E-state index contributed by atoms with van der Waals surface area (Å²) < 4.78 is 5.18. The quantitative estimate of drug-likeness (QED) is 0.307. The van der Waals surface area contributed by atoms with E-state index in [1.54, 1.807) is 4.90 Å². The molecule has 92 valence electrons. The van der Waals surface area contributed by atoms with E-state index in [9.17, 15) is 4.79 Å². The summed E-state index contributed by atoms with van der Waals surface area (Å²) in [4.78, 5) is 13.7. The number of rotatable bonds is 4. The SMILES string of the molecule is CC(C)N(CC(N)=NO)C(=O)C1CCOC1. The Labute approximate surface area is 95.0 Å². The van der Waals surface area contributed by atoms with E-state index in [-0.39, 0.29) is 30.2 Å². The molecule has 1 amide bonds. The Morgan fingerprint density at radius 1 is 1.69 bits per heavy atom. The number of carbonyl (C=O) groups excluding carboxylic acids is 1. The molecule has 1 rings (SSSR count). The number of hydrogen-bond donors (Lipinski definition) is 2. The number of oxime groups is 1. The summed E-state index contributed by atoms with van der Waals surface area (Å²) in [5, 5.41) is 11.4. The highest BCUT2D eigenvalue weighted by atomic mass is 16.5. The van der Waals surface area contributed by atoms with Crippen LogP contribution in [0.25, 0.3) is 0 Å². The number of nitrogens with two attached hydrogens (primary N) is 1. The third kappa shape index (κ3) is 3.10. The highest BCUT2D eigenvalue weighted by Gasteiger charge is 2.29. The summed E-state index contributed by atoms with van der Waals surface area (Å²) in [6, 6.07) is 0.0217. The smallest absolute Gasteiger partial charge is 0.228 e. The fourth-order valence-electron chi connectivity index (χ4n) is 1.68. The fraction of sp³-hybridized carbons (Fsp3) is 0.800. The normalized spacial score (nSPS) is 21.4. The van der Waals surface area contributed by atoms with Crippen molar-refractivity contribution in [2.75, 3.05) is 19.8 Å². The topological polar surface area (TPSA) is 88.1 Å². The molecular weight excluding hydrogens is 210 g/mol. The Morgan fingerprint density at radius 3 is 2.81 bits per heavy atom. The highest BCUT2D eigenvalue weighted by Crippen LogP contribution is 2.16. The van der Waals surface area contributed by atoms with Gasteiger partial charge >= 0.3 is 0 Å². The third-order valence-corrected chi connectivity index (χ3v) is 2.65. The van der Waals surface area contributed by atoms with Gasteiger partial charge < -0.3 is 20.6 Å². The molecule has 0 aromatic rings. The molecular formula is C10H19N3O3. The van der Waals surface area contributed by atoms with Gasteiger partial charge in [-0.05, 0) is 20.3 Å². The zero-order valence-corrected chi connectivity index (χ0v) is 9.72. The van der Waals surface area contributed by atoms with E-state index in [0.29, 0.717) is 13.2 Å². The van der Waals surface area contributed by atoms with E-state index >= 15 is 0 Å². The molecule has 6 heteroatoms. The van der Waals surface area contributed by atoms with Gasteiger partial charge in [-0.3, -0.25) is 4.79 Å². The number of hydrogen-bond acceptors (Lipinski definition) is 4. The predicted octanol–water partition coefficient (Wildman–Crippen LogP) is 0.00630. The maximum atomic E-state index is 12.1. The Bertz CT molecular complexity index is 272. The monoisotopic (exact) mass is 229 g/mol. The predicted molar refractivity (Wildman–Crippen MR) is 59.2 cm³/mol. The lowest BCUT2D eigenvalue weighted by atomic mass is 10.1. The molecule has 1 saturated heterocycles. The third-order valence-electron chi connectivity index (χ3n) is 2.65. The van der Waals surface area contributed by atoms with Crippen LogP contribution in [0.2, 0.25) is 0 Å². The molecule has 1 unspecified atom stereocenters. The average Bonchev–Trinajstić information content (AvgIpc) is 2.77. The molecule has 0 spiro atoms. The van der Waals surface area contributed by atoms with Crippen LogP contribution in [0, 0.1) is 5.92 Å². The van der Waals surface area contributed by atoms with Crippen LogP contribution in [-0.4, -0.2) is 47.7 Å². The number of amidine groups is 1. The molecule has 1 aliphatic heterocycles. The first-order valence-corrected chi connectivity index (χ1v) is 5.41. The van der Waals surface area contributed by atoms with E-state index < -0.39 is 0 Å². The molecule has 0 aromatic heterocycles. The summed E-state index contributed by atoms with van der Waals surface area (Å²) in [6.45, 7) is 5.06. The van der Waals surface area contributed by atoms with Crippen LogP contribution in [0.5, 0.6) is 0 Å². The first-order valence-electron chi connectivity index (χ1n) is 5.41. The molecule has 1 atom stereocenters. The van der Waals surface area contributed by atoms with Crippen molar-refractivity contribution in [2.45, 2.75) is 26.3 Å². The molecule has 0 saturated carbocycles. The first-order chi connectivity index (χ1) is 7.56. The second-order valence-corrected chi connectivity index (χ2v) is 4.21. The maximum absolute atomic E-state index is 12.1. The van der Waals surface area contributed by atoms with Gasteiger partial charge in [-0.1, -0.05) is 5.16 Å². The van der Waals surface area contributed by atoms with Crippen LogP contribution in [0.4, 0.5) is 0 Å². The van der Waals surface area contributed by atoms with Gasteiger partial charge in [0.2, 0.25) is 5.91 Å². The van der Waals surface area contributed by atoms with Crippen molar-refractivity contribution in [3.8, 4) is 0 Å². The van der Waals surface area contributed by atoms with Crippen LogP contribution >= 0.6 is 0 Å². The zero-order valence-electron chi connectivity index (χ0n) is 9.72. The van der Waals surface area contributed by atoms with Gasteiger partial charge in [-0.2, -0.15) is 0 Å². The number of ether oxygens (including phenoxy) is 1. The Morgan fingerprint density at radius 2 is 2.38 bits per heavy atom. The van der Waals surface area contributed by atoms with Crippen LogP contribution in [0.15, 0.2) is 5.16 Å². The van der Waals surface area contributed by atoms with Crippen molar-refractivity contribution in [3.63, 3.8) is 0 Å². The van der Waals surface area contributed by atoms with Gasteiger partial charge in [0.1, 0.15) is 0 Å². The molecule has 0 radical (unpaired) electrons. The van der Waals surface area contributed by atoms with Gasteiger partial charge in [0.25, 0.3) is 0 Å². The van der Waals surface area contributed by atoms with Gasteiger partial charge in [0.05, 0.1) is 19.1 Å². The maximum Gasteiger partial charge on any atom is 0.228 e. The van der Waals surface area contributed by atoms with E-state index in [1.807, 2.05) is 13.8 Å². The van der Waals surface area contributed by atoms with Crippen LogP contribution in [-0.2, 0) is 9.53 Å². The van der Waals surface area contributed by atoms with Crippen LogP contribution < -0.4 is 5.73 Å². The second-order valence-electron chi connectivity index (χ2n) is 4.21. The molecule has 1 fully saturated rings. The zero-order chi connectivity index (χ0) is 12.1. The summed E-state index contributed by atoms with van der Waals surface area (Å²) in [5.74, 6) is -0.0334. The first kappa shape index (κ1) is 12.8. The lowest BCUT2D eigenvalue weighted by molar-refractivity contribution is -0.136. The minimum absolute atomic E-state index is 0.0131. The molecule has 6 nitrogen and oxygen atoms in total. The minimum Gasteiger partial charge on any atom is -0.409 e. The van der Waals surface area contributed by atoms with E-state index in [1.165, 1.54) is 0 Å². The number of amides is 1. The van der Waals surface area contributed by atoms with Gasteiger partial charge in [-0.15, -0.1) is 0 Å². The van der Waals surface area contributed by atoms with Crippen molar-refractivity contribution in [3.05, 3.63) is 0 Å². The lowest BCUT2D eigenvalue weighted by Crippen LogP contribution is -2.45. The van der Waals surface area contributed by atoms with E-state index in [0.717, 1.165) is 6.42 Å². The minimum atomic E-state index is -0.0890. The molecule has 0 aromatic carbocycles. The molecule has 0 aliphatic carbocycles. The summed E-state index contributed by atoms with van der Waals surface area (Å²) in [6.07, 6.45) is 0.748. The molecule has 3 N–H and O–H groups in total. The van der Waals surface area contributed by atoms with Gasteiger partial charge in [-0.25, -0.2) is 0 Å². The van der Waals surface area contributed by atoms with E-state index in [2.05, 4.69) is 5.16 Å². The van der Waals surface area contributed by atoms with Crippen molar-refractivity contribution < 1.29 is 14.7 Å². The summed E-state index contributed by atoms with van der Waals surface area (Å²) in [5.41, 5.74) is 5.42. The van der Waals surface area contributed by atoms with Crippen molar-refractivity contribution in [2.24, 2.45) is 16.8 Å². The Balaban J connectivity index is 2.65. The van der Waals surface area contributed by atoms with Crippen LogP contribution in [0.3, 0.4) is 0 Å². The molecule has 1 heterocycles. The Kier molecular flexibility index (Phi) is 4.54. The van der Waals surface area contributed by atoms with Crippen molar-refractivity contribution in [1.82, 2.24) is 4.90 Å². The fourth-order valence-corrected chi connectivity index (χ4v) is 1.68. The van der Waals surface area contributed by atoms with E-state index in [4.69, 9.17) is 15.7 Å².